The number of nitrogens with zero attached hydrogens (tertiary/aromatic N) is 1. The van der Waals surface area contributed by atoms with Crippen molar-refractivity contribution >= 4 is 33.2 Å². The molecule has 6 nitrogen and oxygen atoms in total. The molecule has 1 heterocycles. The summed E-state index contributed by atoms with van der Waals surface area (Å²) >= 11 is 6.15. The van der Waals surface area contributed by atoms with Crippen molar-refractivity contribution in [3.63, 3.8) is 0 Å². The van der Waals surface area contributed by atoms with Crippen LogP contribution in [0, 0.1) is 5.92 Å². The highest BCUT2D eigenvalue weighted by molar-refractivity contribution is 7.89. The lowest BCUT2D eigenvalue weighted by molar-refractivity contribution is -0.122. The zero-order valence-corrected chi connectivity index (χ0v) is 16.6. The molecule has 1 saturated carbocycles. The topological polar surface area (TPSA) is 92.5 Å². The minimum absolute atomic E-state index is 0.0398. The molecule has 8 heteroatoms. The van der Waals surface area contributed by atoms with E-state index in [0.29, 0.717) is 18.8 Å². The predicted octanol–water partition coefficient (Wildman–Crippen LogP) is 2.97. The Labute approximate surface area is 160 Å². The van der Waals surface area contributed by atoms with Crippen LogP contribution < -0.4 is 11.1 Å². The summed E-state index contributed by atoms with van der Waals surface area (Å²) in [5.41, 5.74) is 6.18. The maximum Gasteiger partial charge on any atom is 0.244 e. The van der Waals surface area contributed by atoms with Gasteiger partial charge in [-0.1, -0.05) is 24.4 Å². The fourth-order valence-electron chi connectivity index (χ4n) is 3.86. The van der Waals surface area contributed by atoms with Crippen LogP contribution in [0.4, 0.5) is 5.69 Å². The average Bonchev–Trinajstić information content (AvgIpc) is 3.11. The molecule has 3 N–H and O–H groups in total. The van der Waals surface area contributed by atoms with Gasteiger partial charge in [0.1, 0.15) is 4.90 Å². The Kier molecular flexibility index (Phi) is 5.63. The molecule has 1 saturated heterocycles. The van der Waals surface area contributed by atoms with Crippen molar-refractivity contribution < 1.29 is 13.2 Å². The molecule has 2 atom stereocenters. The summed E-state index contributed by atoms with van der Waals surface area (Å²) in [5.74, 6) is -0.452. The monoisotopic (exact) mass is 399 g/mol. The Morgan fingerprint density at radius 3 is 2.62 bits per heavy atom. The first-order valence-corrected chi connectivity index (χ1v) is 10.9. The molecule has 1 aliphatic heterocycles. The lowest BCUT2D eigenvalue weighted by Gasteiger charge is -2.37. The van der Waals surface area contributed by atoms with Crippen LogP contribution in [0.1, 0.15) is 45.4 Å². The predicted molar refractivity (Wildman–Crippen MR) is 103 cm³/mol. The quantitative estimate of drug-likeness (QED) is 0.813. The zero-order chi connectivity index (χ0) is 18.9. The van der Waals surface area contributed by atoms with Gasteiger partial charge >= 0.3 is 0 Å². The van der Waals surface area contributed by atoms with E-state index >= 15 is 0 Å². The van der Waals surface area contributed by atoms with Crippen LogP contribution in [0.5, 0.6) is 0 Å². The molecule has 0 bridgehead atoms. The number of nitrogens with one attached hydrogen (secondary N) is 1. The SMILES string of the molecule is CC1(N)CCCCC1C(=O)Nc1ccc(Cl)c(S(=O)(=O)N2CCCC2)c1. The van der Waals surface area contributed by atoms with Crippen LogP contribution in [-0.2, 0) is 14.8 Å². The fraction of sp³-hybridized carbons (Fsp3) is 0.611. The van der Waals surface area contributed by atoms with Gasteiger partial charge < -0.3 is 11.1 Å². The van der Waals surface area contributed by atoms with E-state index in [-0.39, 0.29) is 21.7 Å². The Bertz CT molecular complexity index is 789. The molecule has 26 heavy (non-hydrogen) atoms. The molecular weight excluding hydrogens is 374 g/mol. The van der Waals surface area contributed by atoms with Crippen LogP contribution in [0.2, 0.25) is 5.02 Å². The smallest absolute Gasteiger partial charge is 0.244 e. The number of amides is 1. The van der Waals surface area contributed by atoms with Gasteiger partial charge in [-0.25, -0.2) is 8.42 Å². The fourth-order valence-corrected chi connectivity index (χ4v) is 5.88. The van der Waals surface area contributed by atoms with E-state index in [4.69, 9.17) is 17.3 Å². The summed E-state index contributed by atoms with van der Waals surface area (Å²) in [7, 11) is -3.65. The average molecular weight is 400 g/mol. The molecule has 2 unspecified atom stereocenters. The largest absolute Gasteiger partial charge is 0.326 e. The number of benzene rings is 1. The first kappa shape index (κ1) is 19.6. The van der Waals surface area contributed by atoms with E-state index in [9.17, 15) is 13.2 Å². The van der Waals surface area contributed by atoms with Crippen molar-refractivity contribution in [2.75, 3.05) is 18.4 Å². The second-order valence-corrected chi connectivity index (χ2v) is 9.86. The van der Waals surface area contributed by atoms with Crippen molar-refractivity contribution in [2.24, 2.45) is 11.7 Å². The lowest BCUT2D eigenvalue weighted by Crippen LogP contribution is -2.51. The molecule has 1 aromatic carbocycles. The number of sulfonamides is 1. The molecular formula is C18H26ClN3O3S. The Morgan fingerprint density at radius 1 is 1.27 bits per heavy atom. The third-order valence-electron chi connectivity index (χ3n) is 5.45. The second kappa shape index (κ2) is 7.46. The van der Waals surface area contributed by atoms with Crippen LogP contribution in [0.3, 0.4) is 0 Å². The number of halogens is 1. The van der Waals surface area contributed by atoms with Crippen molar-refractivity contribution in [3.05, 3.63) is 23.2 Å². The van der Waals surface area contributed by atoms with E-state index in [1.807, 2.05) is 6.92 Å². The molecule has 1 amide bonds. The summed E-state index contributed by atoms with van der Waals surface area (Å²) in [6, 6.07) is 4.59. The van der Waals surface area contributed by atoms with Gasteiger partial charge in [-0.2, -0.15) is 4.31 Å². The van der Waals surface area contributed by atoms with Crippen LogP contribution in [0.25, 0.3) is 0 Å². The first-order chi connectivity index (χ1) is 12.2. The van der Waals surface area contributed by atoms with Gasteiger partial charge in [-0.15, -0.1) is 0 Å². The van der Waals surface area contributed by atoms with Gasteiger partial charge in [-0.05, 0) is 50.8 Å². The third kappa shape index (κ3) is 3.91. The van der Waals surface area contributed by atoms with Gasteiger partial charge in [0.25, 0.3) is 0 Å². The standard InChI is InChI=1S/C18H26ClN3O3S/c1-18(20)9-3-2-6-14(18)17(23)21-13-7-8-15(19)16(12-13)26(24,25)22-10-4-5-11-22/h7-8,12,14H,2-6,9-11,20H2,1H3,(H,21,23). The maximum atomic E-state index is 12.8. The molecule has 0 radical (unpaired) electrons. The Morgan fingerprint density at radius 2 is 1.96 bits per heavy atom. The summed E-state index contributed by atoms with van der Waals surface area (Å²) in [4.78, 5) is 12.7. The van der Waals surface area contributed by atoms with E-state index in [1.54, 1.807) is 6.07 Å². The molecule has 2 fully saturated rings. The van der Waals surface area contributed by atoms with Gasteiger partial charge in [-0.3, -0.25) is 4.79 Å². The van der Waals surface area contributed by atoms with Gasteiger partial charge in [0.05, 0.1) is 10.9 Å². The van der Waals surface area contributed by atoms with Crippen molar-refractivity contribution in [2.45, 2.75) is 55.9 Å². The number of rotatable bonds is 4. The molecule has 3 rings (SSSR count). The van der Waals surface area contributed by atoms with E-state index in [0.717, 1.165) is 38.5 Å². The normalized spacial score (nSPS) is 27.4. The number of anilines is 1. The number of carbonyl (C=O) groups is 1. The summed E-state index contributed by atoms with van der Waals surface area (Å²) in [5, 5.41) is 3.00. The van der Waals surface area contributed by atoms with Gasteiger partial charge in [0.15, 0.2) is 0 Å². The van der Waals surface area contributed by atoms with Crippen LogP contribution >= 0.6 is 11.6 Å². The van der Waals surface area contributed by atoms with Crippen LogP contribution in [-0.4, -0.2) is 37.3 Å². The molecule has 2 aliphatic rings. The highest BCUT2D eigenvalue weighted by atomic mass is 35.5. The first-order valence-electron chi connectivity index (χ1n) is 9.11. The Balaban J connectivity index is 1.82. The highest BCUT2D eigenvalue weighted by Gasteiger charge is 2.38. The number of hydrogen-bond donors (Lipinski definition) is 2. The second-order valence-electron chi connectivity index (χ2n) is 7.55. The summed E-state index contributed by atoms with van der Waals surface area (Å²) in [6.07, 6.45) is 5.25. The van der Waals surface area contributed by atoms with Crippen LogP contribution in [0.15, 0.2) is 23.1 Å². The molecule has 1 aliphatic carbocycles. The minimum Gasteiger partial charge on any atom is -0.326 e. The van der Waals surface area contributed by atoms with Crippen molar-refractivity contribution in [3.8, 4) is 0 Å². The maximum absolute atomic E-state index is 12.8. The number of carbonyl (C=O) groups excluding carboxylic acids is 1. The molecule has 144 valence electrons. The van der Waals surface area contributed by atoms with Gasteiger partial charge in [0.2, 0.25) is 15.9 Å². The minimum atomic E-state index is -3.65. The van der Waals surface area contributed by atoms with Crippen molar-refractivity contribution in [1.82, 2.24) is 4.31 Å². The lowest BCUT2D eigenvalue weighted by atomic mass is 9.74. The highest BCUT2D eigenvalue weighted by Crippen LogP contribution is 2.34. The molecule has 0 spiro atoms. The van der Waals surface area contributed by atoms with Crippen molar-refractivity contribution in [1.29, 1.82) is 0 Å². The number of nitrogens with two attached hydrogens (primary N) is 1. The zero-order valence-electron chi connectivity index (χ0n) is 15.0. The third-order valence-corrected chi connectivity index (χ3v) is 7.83. The van der Waals surface area contributed by atoms with Gasteiger partial charge in [0, 0.05) is 24.3 Å². The Hall–Kier alpha value is -1.15. The summed E-state index contributed by atoms with van der Waals surface area (Å²) in [6.45, 7) is 2.91. The molecule has 0 aromatic heterocycles. The number of hydrogen-bond acceptors (Lipinski definition) is 4. The van der Waals surface area contributed by atoms with E-state index in [2.05, 4.69) is 5.32 Å². The van der Waals surface area contributed by atoms with E-state index in [1.165, 1.54) is 16.4 Å². The molecule has 1 aromatic rings. The summed E-state index contributed by atoms with van der Waals surface area (Å²) < 4.78 is 27.1. The van der Waals surface area contributed by atoms with E-state index < -0.39 is 15.6 Å².